The van der Waals surface area contributed by atoms with Gasteiger partial charge in [0.2, 0.25) is 0 Å². The van der Waals surface area contributed by atoms with E-state index in [1.807, 2.05) is 26.2 Å². The van der Waals surface area contributed by atoms with Crippen LogP contribution >= 0.6 is 0 Å². The summed E-state index contributed by atoms with van der Waals surface area (Å²) < 4.78 is 15.1. The van der Waals surface area contributed by atoms with Crippen LogP contribution in [-0.2, 0) is 4.74 Å². The van der Waals surface area contributed by atoms with Crippen LogP contribution in [0.3, 0.4) is 0 Å². The van der Waals surface area contributed by atoms with Gasteiger partial charge in [-0.05, 0) is 42.7 Å². The second-order valence-electron chi connectivity index (χ2n) is 4.67. The molecular weight excluding hydrogens is 252 g/mol. The van der Waals surface area contributed by atoms with E-state index in [0.29, 0.717) is 13.2 Å². The van der Waals surface area contributed by atoms with Crippen molar-refractivity contribution in [3.8, 4) is 5.75 Å². The summed E-state index contributed by atoms with van der Waals surface area (Å²) in [5.41, 5.74) is 2.60. The molecule has 0 bridgehead atoms. The largest absolute Gasteiger partial charge is 0.494 e. The minimum Gasteiger partial charge on any atom is -0.494 e. The third-order valence-electron chi connectivity index (χ3n) is 3.25. The van der Waals surface area contributed by atoms with Crippen LogP contribution in [0.4, 0.5) is 0 Å². The van der Waals surface area contributed by atoms with Gasteiger partial charge < -0.3 is 14.2 Å². The Bertz CT molecular complexity index is 472. The summed E-state index contributed by atoms with van der Waals surface area (Å²) in [6.45, 7) is 4.13. The van der Waals surface area contributed by atoms with Crippen LogP contribution < -0.4 is 4.74 Å². The van der Waals surface area contributed by atoms with Gasteiger partial charge in [-0.25, -0.2) is 0 Å². The van der Waals surface area contributed by atoms with Crippen LogP contribution in [0.2, 0.25) is 0 Å². The normalized spacial score (nSPS) is 14.5. The van der Waals surface area contributed by atoms with E-state index in [9.17, 15) is 0 Å². The summed E-state index contributed by atoms with van der Waals surface area (Å²) >= 11 is 0. The Morgan fingerprint density at radius 3 is 2.45 bits per heavy atom. The van der Waals surface area contributed by atoms with Crippen molar-refractivity contribution in [1.82, 2.24) is 0 Å². The Balaban J connectivity index is 1.96. The van der Waals surface area contributed by atoms with Crippen LogP contribution in [0, 0.1) is 0 Å². The first-order valence-electron chi connectivity index (χ1n) is 7.15. The Kier molecular flexibility index (Phi) is 5.69. The van der Waals surface area contributed by atoms with Gasteiger partial charge in [-0.3, -0.25) is 0 Å². The molecule has 0 saturated heterocycles. The van der Waals surface area contributed by atoms with Gasteiger partial charge in [0.25, 0.3) is 0 Å². The Morgan fingerprint density at radius 2 is 1.85 bits per heavy atom. The minimum atomic E-state index is 0.675. The zero-order chi connectivity index (χ0) is 14.2. The molecule has 0 spiro atoms. The molecular formula is C17H23O3+. The molecule has 0 aliphatic heterocycles. The molecule has 0 radical (unpaired) electrons. The third kappa shape index (κ3) is 4.14. The highest BCUT2D eigenvalue weighted by Crippen LogP contribution is 2.28. The predicted octanol–water partition coefficient (Wildman–Crippen LogP) is 3.32. The fourth-order valence-electron chi connectivity index (χ4n) is 2.18. The topological polar surface area (TPSA) is 31.3 Å². The van der Waals surface area contributed by atoms with E-state index in [4.69, 9.17) is 9.47 Å². The molecule has 0 atom stereocenters. The van der Waals surface area contributed by atoms with Crippen molar-refractivity contribution in [3.05, 3.63) is 47.7 Å². The monoisotopic (exact) mass is 275 g/mol. The molecule has 0 unspecified atom stereocenters. The molecule has 0 amide bonds. The first-order chi connectivity index (χ1) is 9.83. The summed E-state index contributed by atoms with van der Waals surface area (Å²) in [5, 5.41) is 0. The van der Waals surface area contributed by atoms with Crippen molar-refractivity contribution < 1.29 is 14.2 Å². The lowest BCUT2D eigenvalue weighted by molar-refractivity contribution is -0.0173. The summed E-state index contributed by atoms with van der Waals surface area (Å²) in [4.78, 5) is 0. The summed E-state index contributed by atoms with van der Waals surface area (Å²) in [5.74, 6) is 1.99. The zero-order valence-corrected chi connectivity index (χ0v) is 12.3. The van der Waals surface area contributed by atoms with E-state index in [-0.39, 0.29) is 0 Å². The average Bonchev–Trinajstić information content (AvgIpc) is 2.49. The molecule has 0 heterocycles. The Hall–Kier alpha value is -1.74. The molecule has 1 aliphatic carbocycles. The molecule has 0 saturated carbocycles. The van der Waals surface area contributed by atoms with Crippen LogP contribution in [0.25, 0.3) is 5.57 Å². The maximum absolute atomic E-state index is 5.66. The molecule has 1 aliphatic rings. The van der Waals surface area contributed by atoms with Crippen molar-refractivity contribution in [2.24, 2.45) is 0 Å². The molecule has 0 aromatic heterocycles. The van der Waals surface area contributed by atoms with E-state index in [2.05, 4.69) is 29.0 Å². The van der Waals surface area contributed by atoms with Crippen molar-refractivity contribution in [3.63, 3.8) is 0 Å². The Labute approximate surface area is 120 Å². The lowest BCUT2D eigenvalue weighted by Gasteiger charge is -2.15. The van der Waals surface area contributed by atoms with E-state index >= 15 is 0 Å². The number of benzene rings is 1. The number of rotatable bonds is 7. The van der Waals surface area contributed by atoms with Gasteiger partial charge in [0.05, 0.1) is 12.4 Å². The van der Waals surface area contributed by atoms with E-state index in [0.717, 1.165) is 31.0 Å². The van der Waals surface area contributed by atoms with Crippen LogP contribution in [0.5, 0.6) is 5.75 Å². The lowest BCUT2D eigenvalue weighted by Crippen LogP contribution is -2.06. The SMILES string of the molecule is CCOc1ccc(C2=CC=C(OCC[OH+]C)CC2)cc1. The number of aliphatic hydroxyl groups is 2. The maximum atomic E-state index is 5.66. The second kappa shape index (κ2) is 7.75. The van der Waals surface area contributed by atoms with Gasteiger partial charge >= 0.3 is 0 Å². The average molecular weight is 275 g/mol. The van der Waals surface area contributed by atoms with Gasteiger partial charge in [0.15, 0.2) is 13.2 Å². The maximum Gasteiger partial charge on any atom is 0.179 e. The van der Waals surface area contributed by atoms with Crippen LogP contribution in [0.15, 0.2) is 42.2 Å². The molecule has 1 aromatic carbocycles. The van der Waals surface area contributed by atoms with E-state index in [1.54, 1.807) is 0 Å². The van der Waals surface area contributed by atoms with Crippen LogP contribution in [0.1, 0.15) is 25.3 Å². The van der Waals surface area contributed by atoms with E-state index in [1.165, 1.54) is 11.1 Å². The zero-order valence-electron chi connectivity index (χ0n) is 12.3. The van der Waals surface area contributed by atoms with Crippen molar-refractivity contribution in [2.75, 3.05) is 26.9 Å². The second-order valence-corrected chi connectivity index (χ2v) is 4.67. The molecule has 3 heteroatoms. The summed E-state index contributed by atoms with van der Waals surface area (Å²) in [6, 6.07) is 8.29. The third-order valence-corrected chi connectivity index (χ3v) is 3.25. The molecule has 1 aromatic rings. The van der Waals surface area contributed by atoms with Gasteiger partial charge in [-0.1, -0.05) is 18.2 Å². The van der Waals surface area contributed by atoms with Gasteiger partial charge in [-0.2, -0.15) is 0 Å². The fraction of sp³-hybridized carbons (Fsp3) is 0.412. The van der Waals surface area contributed by atoms with Crippen LogP contribution in [-0.4, -0.2) is 31.7 Å². The van der Waals surface area contributed by atoms with Gasteiger partial charge in [-0.15, -0.1) is 0 Å². The highest BCUT2D eigenvalue weighted by molar-refractivity contribution is 5.68. The summed E-state index contributed by atoms with van der Waals surface area (Å²) in [7, 11) is 1.81. The first-order valence-corrected chi connectivity index (χ1v) is 7.15. The van der Waals surface area contributed by atoms with Crippen molar-refractivity contribution in [2.45, 2.75) is 19.8 Å². The minimum absolute atomic E-state index is 0.675. The standard InChI is InChI=1S/C17H22O3/c1-3-19-16-8-4-14(5-9-16)15-6-10-17(11-7-15)20-13-12-18-2/h4-6,8-10H,3,7,11-13H2,1-2H3/p+1. The van der Waals surface area contributed by atoms with Gasteiger partial charge in [0, 0.05) is 6.42 Å². The van der Waals surface area contributed by atoms with Gasteiger partial charge in [0.1, 0.15) is 12.9 Å². The summed E-state index contributed by atoms with van der Waals surface area (Å²) in [6.07, 6.45) is 6.20. The molecule has 20 heavy (non-hydrogen) atoms. The number of ether oxygens (including phenoxy) is 3. The Morgan fingerprint density at radius 1 is 1.05 bits per heavy atom. The lowest BCUT2D eigenvalue weighted by atomic mass is 9.96. The highest BCUT2D eigenvalue weighted by atomic mass is 16.5. The molecule has 3 nitrogen and oxygen atoms in total. The van der Waals surface area contributed by atoms with Crippen molar-refractivity contribution >= 4 is 5.57 Å². The predicted molar refractivity (Wildman–Crippen MR) is 81.9 cm³/mol. The molecule has 2 rings (SSSR count). The molecule has 0 fully saturated rings. The number of hydrogen-bond acceptors (Lipinski definition) is 2. The number of hydrogen-bond donors (Lipinski definition) is 0. The van der Waals surface area contributed by atoms with Crippen molar-refractivity contribution in [1.29, 1.82) is 0 Å². The smallest absolute Gasteiger partial charge is 0.179 e. The highest BCUT2D eigenvalue weighted by Gasteiger charge is 2.09. The first kappa shape index (κ1) is 14.7. The molecule has 1 N–H and O–H groups in total. The number of allylic oxidation sites excluding steroid dienone is 4. The molecule has 108 valence electrons. The fourth-order valence-corrected chi connectivity index (χ4v) is 2.18. The van der Waals surface area contributed by atoms with E-state index < -0.39 is 0 Å². The quantitative estimate of drug-likeness (QED) is 0.564.